The van der Waals surface area contributed by atoms with E-state index in [2.05, 4.69) is 25.6 Å². The van der Waals surface area contributed by atoms with E-state index in [9.17, 15) is 4.79 Å². The topological polar surface area (TPSA) is 40.5 Å². The van der Waals surface area contributed by atoms with Gasteiger partial charge in [-0.1, -0.05) is 0 Å². The molecule has 3 nitrogen and oxygen atoms in total. The van der Waals surface area contributed by atoms with E-state index >= 15 is 0 Å². The summed E-state index contributed by atoms with van der Waals surface area (Å²) in [6.45, 7) is 0. The summed E-state index contributed by atoms with van der Waals surface area (Å²) in [5.74, 6) is 0. The van der Waals surface area contributed by atoms with Gasteiger partial charge in [-0.05, 0) is 25.6 Å². The standard InChI is InChI=1S/CH3NO2S2.Pb.2H/c3-1(4)2(5)6;;;/h5-6H,(H,3,4);;;. The zero-order valence-electron chi connectivity index (χ0n) is 3.40. The molecule has 0 bridgehead atoms. The minimum atomic E-state index is -1.18. The van der Waals surface area contributed by atoms with Crippen LogP contribution in [0.3, 0.4) is 0 Å². The normalized spacial score (nSPS) is 6.57. The number of rotatable bonds is 0. The third-order valence-electron chi connectivity index (χ3n) is 0.171. The van der Waals surface area contributed by atoms with Crippen LogP contribution in [0.2, 0.25) is 0 Å². The summed E-state index contributed by atoms with van der Waals surface area (Å²) >= 11 is 6.58. The number of nitrogens with zero attached hydrogens (tertiary/aromatic N) is 1. The molecule has 0 unspecified atom stereocenters. The Balaban J connectivity index is 0. The monoisotopic (exact) mass is 335 g/mol. The molecule has 0 fully saturated rings. The van der Waals surface area contributed by atoms with Crippen LogP contribution in [0.15, 0.2) is 0 Å². The van der Waals surface area contributed by atoms with Gasteiger partial charge in [-0.15, -0.1) is 0 Å². The fourth-order valence-electron chi connectivity index (χ4n) is 0. The van der Waals surface area contributed by atoms with Gasteiger partial charge in [-0.2, -0.15) is 3.71 Å². The predicted molar refractivity (Wildman–Crippen MR) is 36.4 cm³/mol. The van der Waals surface area contributed by atoms with Crippen molar-refractivity contribution in [2.24, 2.45) is 0 Å². The second-order valence-electron chi connectivity index (χ2n) is 0.572. The van der Waals surface area contributed by atoms with Crippen molar-refractivity contribution < 1.29 is 9.90 Å². The van der Waals surface area contributed by atoms with Gasteiger partial charge < -0.3 is 5.11 Å². The van der Waals surface area contributed by atoms with E-state index in [0.717, 1.165) is 0 Å². The molecule has 42 valence electrons. The van der Waals surface area contributed by atoms with Crippen molar-refractivity contribution in [2.75, 3.05) is 0 Å². The van der Waals surface area contributed by atoms with Crippen LogP contribution in [-0.2, 0) is 0 Å². The Kier molecular flexibility index (Phi) is 7.77. The van der Waals surface area contributed by atoms with E-state index in [-0.39, 0.29) is 27.3 Å². The molecule has 0 aliphatic heterocycles. The molecule has 1 N–H and O–H groups in total. The molecular formula is CH5NO2PbS2. The Morgan fingerprint density at radius 3 is 1.71 bits per heavy atom. The van der Waals surface area contributed by atoms with Gasteiger partial charge in [0.05, 0.1) is 0 Å². The summed E-state index contributed by atoms with van der Waals surface area (Å²) in [6, 6.07) is 0. The van der Waals surface area contributed by atoms with Crippen LogP contribution in [0.5, 0.6) is 0 Å². The molecule has 1 amide bonds. The zero-order valence-corrected chi connectivity index (χ0v) is 10.7. The van der Waals surface area contributed by atoms with E-state index in [4.69, 9.17) is 5.11 Å². The molecule has 6 heteroatoms. The van der Waals surface area contributed by atoms with E-state index in [1.165, 1.54) is 0 Å². The van der Waals surface area contributed by atoms with Gasteiger partial charge >= 0.3 is 33.4 Å². The first-order valence-corrected chi connectivity index (χ1v) is 1.85. The van der Waals surface area contributed by atoms with Crippen LogP contribution >= 0.6 is 25.6 Å². The van der Waals surface area contributed by atoms with Crippen molar-refractivity contribution in [3.8, 4) is 0 Å². The number of hydrogen-bond acceptors (Lipinski definition) is 3. The molecule has 2 radical (unpaired) electrons. The number of thiol groups is 2. The van der Waals surface area contributed by atoms with Gasteiger partial charge in [0.25, 0.3) is 0 Å². The van der Waals surface area contributed by atoms with Gasteiger partial charge in [0.1, 0.15) is 0 Å². The Labute approximate surface area is 72.3 Å². The summed E-state index contributed by atoms with van der Waals surface area (Å²) < 4.78 is 0.472. The molecule has 0 aliphatic rings. The van der Waals surface area contributed by atoms with E-state index < -0.39 is 6.09 Å². The Hall–Kier alpha value is 0.892. The predicted octanol–water partition coefficient (Wildman–Crippen LogP) is -0.260. The summed E-state index contributed by atoms with van der Waals surface area (Å²) in [5.41, 5.74) is 0. The number of amides is 1. The third kappa shape index (κ3) is 6.89. The molecule has 0 saturated carbocycles. The van der Waals surface area contributed by atoms with Crippen LogP contribution in [0.25, 0.3) is 0 Å². The average Bonchev–Trinajstić information content (AvgIpc) is 1.36. The maximum atomic E-state index is 9.47. The van der Waals surface area contributed by atoms with Crippen molar-refractivity contribution in [3.05, 3.63) is 0 Å². The molecular weight excluding hydrogens is 329 g/mol. The second kappa shape index (κ2) is 5.04. The quantitative estimate of drug-likeness (QED) is 0.422. The Morgan fingerprint density at radius 2 is 1.71 bits per heavy atom. The van der Waals surface area contributed by atoms with Crippen LogP contribution in [0.1, 0.15) is 0 Å². The van der Waals surface area contributed by atoms with Gasteiger partial charge in [-0.3, -0.25) is 0 Å². The summed E-state index contributed by atoms with van der Waals surface area (Å²) in [4.78, 5) is 9.47. The van der Waals surface area contributed by atoms with Crippen LogP contribution in [-0.4, -0.2) is 42.2 Å². The molecule has 0 aromatic rings. The number of hydrogen-bond donors (Lipinski definition) is 3. The van der Waals surface area contributed by atoms with Crippen LogP contribution in [0, 0.1) is 0 Å². The van der Waals surface area contributed by atoms with Gasteiger partial charge in [0, 0.05) is 0 Å². The van der Waals surface area contributed by atoms with Crippen LogP contribution < -0.4 is 0 Å². The molecule has 0 aromatic carbocycles. The van der Waals surface area contributed by atoms with Crippen LogP contribution in [0.4, 0.5) is 4.79 Å². The van der Waals surface area contributed by atoms with Gasteiger partial charge in [-0.25, -0.2) is 4.79 Å². The fraction of sp³-hybridized carbons (Fsp3) is 0. The minimum absolute atomic E-state index is 0. The van der Waals surface area contributed by atoms with Crippen molar-refractivity contribution in [1.82, 2.24) is 3.71 Å². The number of carboxylic acid groups (broad SMARTS) is 1. The molecule has 0 atom stereocenters. The molecule has 0 aromatic heterocycles. The fourth-order valence-corrected chi connectivity index (χ4v) is 0. The van der Waals surface area contributed by atoms with E-state index in [0.29, 0.717) is 3.71 Å². The molecule has 7 heavy (non-hydrogen) atoms. The van der Waals surface area contributed by atoms with Crippen molar-refractivity contribution in [1.29, 1.82) is 0 Å². The number of carbonyl (C=O) groups is 1. The first kappa shape index (κ1) is 10.8. The molecule has 0 saturated heterocycles. The summed E-state index contributed by atoms with van der Waals surface area (Å²) in [7, 11) is 0. The Bertz CT molecular complexity index is 66.7. The first-order valence-electron chi connectivity index (χ1n) is 1.05. The van der Waals surface area contributed by atoms with E-state index in [1.54, 1.807) is 0 Å². The van der Waals surface area contributed by atoms with Crippen molar-refractivity contribution in [3.63, 3.8) is 0 Å². The van der Waals surface area contributed by atoms with Gasteiger partial charge in [0.2, 0.25) is 0 Å². The Morgan fingerprint density at radius 1 is 1.57 bits per heavy atom. The van der Waals surface area contributed by atoms with Crippen molar-refractivity contribution in [2.45, 2.75) is 0 Å². The molecule has 0 aliphatic carbocycles. The van der Waals surface area contributed by atoms with Gasteiger partial charge in [0.15, 0.2) is 0 Å². The maximum absolute atomic E-state index is 9.47. The molecule has 0 spiro atoms. The third-order valence-corrected chi connectivity index (χ3v) is 0.513. The molecule has 0 rings (SSSR count). The zero-order chi connectivity index (χ0) is 5.15. The van der Waals surface area contributed by atoms with Crippen molar-refractivity contribution >= 4 is 59.0 Å². The first-order chi connectivity index (χ1) is 2.64. The summed E-state index contributed by atoms with van der Waals surface area (Å²) in [6.07, 6.45) is -1.18. The summed E-state index contributed by atoms with van der Waals surface area (Å²) in [5, 5.41) is 7.76. The second-order valence-corrected chi connectivity index (χ2v) is 1.69. The molecule has 0 heterocycles. The SMILES string of the molecule is O=C(O)N(S)S.[PbH2]. The average molecular weight is 334 g/mol. The van der Waals surface area contributed by atoms with E-state index in [1.807, 2.05) is 0 Å².